The van der Waals surface area contributed by atoms with Gasteiger partial charge in [-0.1, -0.05) is 18.2 Å². The van der Waals surface area contributed by atoms with Crippen molar-refractivity contribution in [2.24, 2.45) is 0 Å². The minimum absolute atomic E-state index is 0.252. The Balaban J connectivity index is 1.94. The molecule has 0 fully saturated rings. The molecule has 0 radical (unpaired) electrons. The van der Waals surface area contributed by atoms with Crippen LogP contribution < -0.4 is 10.1 Å². The van der Waals surface area contributed by atoms with Crippen molar-refractivity contribution < 1.29 is 9.53 Å². The monoisotopic (exact) mass is 333 g/mol. The van der Waals surface area contributed by atoms with E-state index in [1.807, 2.05) is 37.3 Å². The fraction of sp³-hybridized carbons (Fsp3) is 0.111. The van der Waals surface area contributed by atoms with Crippen LogP contribution in [0, 0.1) is 18.3 Å². The molecule has 0 saturated heterocycles. The van der Waals surface area contributed by atoms with E-state index in [1.54, 1.807) is 13.2 Å². The maximum atomic E-state index is 12.4. The van der Waals surface area contributed by atoms with Gasteiger partial charge in [0.1, 0.15) is 17.5 Å². The van der Waals surface area contributed by atoms with Gasteiger partial charge in [0.15, 0.2) is 5.82 Å². The van der Waals surface area contributed by atoms with Crippen molar-refractivity contribution in [3.05, 3.63) is 59.5 Å². The predicted octanol–water partition coefficient (Wildman–Crippen LogP) is 2.91. The Hall–Kier alpha value is -3.66. The number of anilines is 1. The van der Waals surface area contributed by atoms with Crippen molar-refractivity contribution in [3.63, 3.8) is 0 Å². The van der Waals surface area contributed by atoms with Crippen molar-refractivity contribution in [1.82, 2.24) is 15.2 Å². The molecule has 0 aliphatic rings. The Morgan fingerprint density at radius 2 is 2.08 bits per heavy atom. The summed E-state index contributed by atoms with van der Waals surface area (Å²) < 4.78 is 5.40. The number of nitrogens with one attached hydrogen (secondary N) is 2. The summed E-state index contributed by atoms with van der Waals surface area (Å²) in [5.41, 5.74) is 2.97. The van der Waals surface area contributed by atoms with Crippen molar-refractivity contribution >= 4 is 11.7 Å². The Labute approximate surface area is 144 Å². The molecule has 3 rings (SSSR count). The first-order chi connectivity index (χ1) is 12.1. The number of rotatable bonds is 4. The van der Waals surface area contributed by atoms with E-state index in [0.717, 1.165) is 16.8 Å². The molecule has 0 aliphatic carbocycles. The Bertz CT molecular complexity index is 954. The number of benzene rings is 1. The van der Waals surface area contributed by atoms with Gasteiger partial charge in [-0.2, -0.15) is 10.4 Å². The summed E-state index contributed by atoms with van der Waals surface area (Å²) in [4.78, 5) is 16.3. The molecule has 1 aromatic carbocycles. The van der Waals surface area contributed by atoms with Crippen LogP contribution in [0.5, 0.6) is 5.75 Å². The van der Waals surface area contributed by atoms with E-state index in [4.69, 9.17) is 10.00 Å². The zero-order valence-corrected chi connectivity index (χ0v) is 13.7. The number of aryl methyl sites for hydroxylation is 1. The topological polar surface area (TPSA) is 104 Å². The molecule has 0 saturated carbocycles. The smallest absolute Gasteiger partial charge is 0.258 e. The lowest BCUT2D eigenvalue weighted by Crippen LogP contribution is -2.13. The van der Waals surface area contributed by atoms with Gasteiger partial charge in [-0.15, -0.1) is 0 Å². The summed E-state index contributed by atoms with van der Waals surface area (Å²) in [6, 6.07) is 12.5. The Morgan fingerprint density at radius 3 is 2.76 bits per heavy atom. The molecule has 0 unspecified atom stereocenters. The van der Waals surface area contributed by atoms with Gasteiger partial charge in [-0.25, -0.2) is 4.98 Å². The first kappa shape index (κ1) is 16.2. The van der Waals surface area contributed by atoms with E-state index in [-0.39, 0.29) is 11.6 Å². The Morgan fingerprint density at radius 1 is 1.28 bits per heavy atom. The molecule has 2 aromatic heterocycles. The minimum Gasteiger partial charge on any atom is -0.496 e. The maximum Gasteiger partial charge on any atom is 0.258 e. The highest BCUT2D eigenvalue weighted by Crippen LogP contribution is 2.36. The van der Waals surface area contributed by atoms with Crippen molar-refractivity contribution in [1.29, 1.82) is 5.26 Å². The van der Waals surface area contributed by atoms with Gasteiger partial charge in [0.05, 0.1) is 18.2 Å². The summed E-state index contributed by atoms with van der Waals surface area (Å²) in [5, 5.41) is 18.6. The van der Waals surface area contributed by atoms with Gasteiger partial charge in [0, 0.05) is 17.5 Å². The maximum absolute atomic E-state index is 12.4. The minimum atomic E-state index is -0.361. The summed E-state index contributed by atoms with van der Waals surface area (Å²) >= 11 is 0. The number of hydrogen-bond acceptors (Lipinski definition) is 5. The average molecular weight is 333 g/mol. The standard InChI is InChI=1S/C18H15N5O2/c1-11-16(14-5-3-4-6-15(14)25-2)17(23-22-11)21-18(24)12-7-8-13(9-19)20-10-12/h3-8,10H,1-2H3,(H2,21,22,23,24). The van der Waals surface area contributed by atoms with E-state index >= 15 is 0 Å². The van der Waals surface area contributed by atoms with Crippen LogP contribution in [0.3, 0.4) is 0 Å². The van der Waals surface area contributed by atoms with Crippen molar-refractivity contribution in [2.45, 2.75) is 6.92 Å². The number of pyridine rings is 1. The quantitative estimate of drug-likeness (QED) is 0.764. The number of nitrogens with zero attached hydrogens (tertiary/aromatic N) is 3. The van der Waals surface area contributed by atoms with Gasteiger partial charge in [-0.05, 0) is 25.1 Å². The van der Waals surface area contributed by atoms with Gasteiger partial charge in [0.25, 0.3) is 5.91 Å². The van der Waals surface area contributed by atoms with Crippen molar-refractivity contribution in [2.75, 3.05) is 12.4 Å². The molecule has 7 nitrogen and oxygen atoms in total. The van der Waals surface area contributed by atoms with Gasteiger partial charge in [-0.3, -0.25) is 9.89 Å². The molecule has 7 heteroatoms. The summed E-state index contributed by atoms with van der Waals surface area (Å²) in [6.07, 6.45) is 1.36. The molecule has 25 heavy (non-hydrogen) atoms. The molecule has 3 aromatic rings. The number of methoxy groups -OCH3 is 1. The van der Waals surface area contributed by atoms with Gasteiger partial charge in [0.2, 0.25) is 0 Å². The van der Waals surface area contributed by atoms with Crippen LogP contribution in [-0.2, 0) is 0 Å². The zero-order valence-electron chi connectivity index (χ0n) is 13.7. The van der Waals surface area contributed by atoms with Crippen LogP contribution in [-0.4, -0.2) is 28.2 Å². The molecule has 0 bridgehead atoms. The lowest BCUT2D eigenvalue weighted by Gasteiger charge is -2.10. The average Bonchev–Trinajstić information content (AvgIpc) is 3.01. The normalized spacial score (nSPS) is 10.1. The van der Waals surface area contributed by atoms with E-state index in [1.165, 1.54) is 12.3 Å². The summed E-state index contributed by atoms with van der Waals surface area (Å²) in [6.45, 7) is 1.87. The number of aromatic amines is 1. The molecule has 0 spiro atoms. The van der Waals surface area contributed by atoms with E-state index < -0.39 is 0 Å². The highest BCUT2D eigenvalue weighted by molar-refractivity contribution is 6.05. The second-order valence-electron chi connectivity index (χ2n) is 5.27. The lowest BCUT2D eigenvalue weighted by molar-refractivity contribution is 0.102. The Kier molecular flexibility index (Phi) is 4.44. The van der Waals surface area contributed by atoms with Gasteiger partial charge < -0.3 is 10.1 Å². The van der Waals surface area contributed by atoms with Crippen LogP contribution >= 0.6 is 0 Å². The summed E-state index contributed by atoms with van der Waals surface area (Å²) in [7, 11) is 1.59. The summed E-state index contributed by atoms with van der Waals surface area (Å²) in [5.74, 6) is 0.721. The molecule has 2 N–H and O–H groups in total. The SMILES string of the molecule is COc1ccccc1-c1c(NC(=O)c2ccc(C#N)nc2)n[nH]c1C. The number of aromatic nitrogens is 3. The largest absolute Gasteiger partial charge is 0.496 e. The van der Waals surface area contributed by atoms with Crippen LogP contribution in [0.4, 0.5) is 5.82 Å². The second kappa shape index (κ2) is 6.84. The van der Waals surface area contributed by atoms with Gasteiger partial charge >= 0.3 is 0 Å². The first-order valence-corrected chi connectivity index (χ1v) is 7.50. The van der Waals surface area contributed by atoms with Crippen LogP contribution in [0.25, 0.3) is 11.1 Å². The third-order valence-corrected chi connectivity index (χ3v) is 3.70. The highest BCUT2D eigenvalue weighted by Gasteiger charge is 2.18. The number of nitriles is 1. The number of carbonyl (C=O) groups is 1. The molecular weight excluding hydrogens is 318 g/mol. The molecule has 124 valence electrons. The molecule has 0 atom stereocenters. The zero-order chi connectivity index (χ0) is 17.8. The molecule has 1 amide bonds. The second-order valence-corrected chi connectivity index (χ2v) is 5.27. The van der Waals surface area contributed by atoms with E-state index in [0.29, 0.717) is 17.1 Å². The number of amides is 1. The van der Waals surface area contributed by atoms with Crippen molar-refractivity contribution in [3.8, 4) is 22.9 Å². The van der Waals surface area contributed by atoms with E-state index in [2.05, 4.69) is 20.5 Å². The number of hydrogen-bond donors (Lipinski definition) is 2. The van der Waals surface area contributed by atoms with Crippen LogP contribution in [0.15, 0.2) is 42.6 Å². The van der Waals surface area contributed by atoms with E-state index in [9.17, 15) is 4.79 Å². The molecular formula is C18H15N5O2. The van der Waals surface area contributed by atoms with Crippen LogP contribution in [0.2, 0.25) is 0 Å². The number of H-pyrrole nitrogens is 1. The third-order valence-electron chi connectivity index (χ3n) is 3.70. The van der Waals surface area contributed by atoms with Crippen LogP contribution in [0.1, 0.15) is 21.7 Å². The highest BCUT2D eigenvalue weighted by atomic mass is 16.5. The number of ether oxygens (including phenoxy) is 1. The fourth-order valence-corrected chi connectivity index (χ4v) is 2.47. The molecule has 2 heterocycles. The fourth-order valence-electron chi connectivity index (χ4n) is 2.47. The number of carbonyl (C=O) groups excluding carboxylic acids is 1. The lowest BCUT2D eigenvalue weighted by atomic mass is 10.0. The molecule has 0 aliphatic heterocycles. The first-order valence-electron chi connectivity index (χ1n) is 7.50. The third kappa shape index (κ3) is 3.19. The predicted molar refractivity (Wildman–Crippen MR) is 92.2 cm³/mol. The number of para-hydroxylation sites is 1.